The lowest BCUT2D eigenvalue weighted by Crippen LogP contribution is -2.42. The predicted octanol–water partition coefficient (Wildman–Crippen LogP) is 1.78. The maximum Gasteiger partial charge on any atom is 0.311 e. The number of hydrogen-bond acceptors (Lipinski definition) is 2. The Labute approximate surface area is 110 Å². The van der Waals surface area contributed by atoms with Crippen LogP contribution in [-0.2, 0) is 11.2 Å². The Kier molecular flexibility index (Phi) is 2.11. The lowest BCUT2D eigenvalue weighted by molar-refractivity contribution is -0.140. The fourth-order valence-corrected chi connectivity index (χ4v) is 3.27. The highest BCUT2D eigenvalue weighted by Gasteiger charge is 2.31. The zero-order chi connectivity index (χ0) is 13.0. The summed E-state index contributed by atoms with van der Waals surface area (Å²) in [5.74, 6) is -1.19. The van der Waals surface area contributed by atoms with E-state index in [0.29, 0.717) is 6.54 Å². The van der Waals surface area contributed by atoms with Gasteiger partial charge in [-0.2, -0.15) is 0 Å². The Hall–Kier alpha value is -2.07. The average molecular weight is 254 g/mol. The zero-order valence-corrected chi connectivity index (χ0v) is 10.3. The highest BCUT2D eigenvalue weighted by atomic mass is 16.4. The molecule has 4 nitrogen and oxygen atoms in total. The Balaban J connectivity index is 1.95. The Morgan fingerprint density at radius 2 is 2.26 bits per heavy atom. The second-order valence-electron chi connectivity index (χ2n) is 5.27. The Bertz CT molecular complexity index is 714. The van der Waals surface area contributed by atoms with E-state index in [-0.39, 0.29) is 6.04 Å². The van der Waals surface area contributed by atoms with Crippen molar-refractivity contribution in [1.82, 2.24) is 10.3 Å². The van der Waals surface area contributed by atoms with Crippen LogP contribution in [0.15, 0.2) is 30.5 Å². The maximum absolute atomic E-state index is 11.2. The number of H-pyrrole nitrogens is 1. The van der Waals surface area contributed by atoms with E-state index in [9.17, 15) is 9.90 Å². The van der Waals surface area contributed by atoms with Crippen LogP contribution in [0.5, 0.6) is 0 Å². The molecule has 2 aromatic rings. The van der Waals surface area contributed by atoms with Gasteiger partial charge in [-0.25, -0.2) is 0 Å². The Morgan fingerprint density at radius 3 is 3.11 bits per heavy atom. The van der Waals surface area contributed by atoms with Gasteiger partial charge < -0.3 is 15.4 Å². The number of aliphatic carboxylic acids is 1. The van der Waals surface area contributed by atoms with Gasteiger partial charge in [-0.05, 0) is 29.2 Å². The van der Waals surface area contributed by atoms with Gasteiger partial charge in [-0.3, -0.25) is 4.79 Å². The summed E-state index contributed by atoms with van der Waals surface area (Å²) < 4.78 is 0. The van der Waals surface area contributed by atoms with Crippen LogP contribution in [0.25, 0.3) is 16.5 Å². The van der Waals surface area contributed by atoms with Crippen molar-refractivity contribution in [3.05, 3.63) is 41.6 Å². The lowest BCUT2D eigenvalue weighted by Gasteiger charge is -2.32. The molecule has 2 aliphatic rings. The fourth-order valence-electron chi connectivity index (χ4n) is 3.27. The van der Waals surface area contributed by atoms with Gasteiger partial charge in [-0.15, -0.1) is 0 Å². The average Bonchev–Trinajstić information content (AvgIpc) is 2.83. The fraction of sp³-hybridized carbons (Fsp3) is 0.267. The van der Waals surface area contributed by atoms with Crippen LogP contribution in [-0.4, -0.2) is 28.6 Å². The van der Waals surface area contributed by atoms with E-state index in [2.05, 4.69) is 28.6 Å². The molecule has 0 unspecified atom stereocenters. The number of nitrogens with one attached hydrogen (secondary N) is 2. The molecule has 96 valence electrons. The standard InChI is InChI=1S/C15H14N2O2/c18-15(19)9-4-11-10-2-1-3-12-14(10)8(6-16-12)5-13(11)17-7-9/h1-4,6,9,13,16-17H,5,7H2,(H,18,19)/t9-,13-/m1/s1. The number of hydrogen-bond donors (Lipinski definition) is 3. The summed E-state index contributed by atoms with van der Waals surface area (Å²) in [4.78, 5) is 14.5. The van der Waals surface area contributed by atoms with Gasteiger partial charge in [0.2, 0.25) is 0 Å². The molecule has 1 aromatic carbocycles. The molecule has 2 atom stereocenters. The zero-order valence-electron chi connectivity index (χ0n) is 10.3. The second kappa shape index (κ2) is 3.71. The minimum Gasteiger partial charge on any atom is -0.481 e. The van der Waals surface area contributed by atoms with E-state index in [1.807, 2.05) is 12.1 Å². The molecule has 0 bridgehead atoms. The predicted molar refractivity (Wildman–Crippen MR) is 72.9 cm³/mol. The second-order valence-corrected chi connectivity index (χ2v) is 5.27. The summed E-state index contributed by atoms with van der Waals surface area (Å²) in [6.07, 6.45) is 4.92. The first-order valence-electron chi connectivity index (χ1n) is 6.51. The van der Waals surface area contributed by atoms with Crippen molar-refractivity contribution >= 4 is 22.4 Å². The number of carboxylic acids is 1. The minimum atomic E-state index is -0.759. The van der Waals surface area contributed by atoms with E-state index in [1.54, 1.807) is 0 Å². The lowest BCUT2D eigenvalue weighted by atomic mass is 9.81. The van der Waals surface area contributed by atoms with Gasteiger partial charge in [0, 0.05) is 29.7 Å². The number of carboxylic acid groups (broad SMARTS) is 1. The number of aromatic amines is 1. The van der Waals surface area contributed by atoms with Crippen molar-refractivity contribution in [2.45, 2.75) is 12.5 Å². The highest BCUT2D eigenvalue weighted by Crippen LogP contribution is 2.38. The number of benzene rings is 1. The normalized spacial score (nSPS) is 24.9. The molecule has 0 radical (unpaired) electrons. The number of rotatable bonds is 1. The van der Waals surface area contributed by atoms with E-state index in [4.69, 9.17) is 0 Å². The summed E-state index contributed by atoms with van der Waals surface area (Å²) in [5, 5.41) is 13.8. The maximum atomic E-state index is 11.2. The van der Waals surface area contributed by atoms with Crippen LogP contribution in [0.3, 0.4) is 0 Å². The molecule has 4 rings (SSSR count). The molecule has 0 spiro atoms. The largest absolute Gasteiger partial charge is 0.481 e. The molecule has 3 N–H and O–H groups in total. The van der Waals surface area contributed by atoms with Gasteiger partial charge >= 0.3 is 5.97 Å². The molecule has 1 aromatic heterocycles. The van der Waals surface area contributed by atoms with Gasteiger partial charge in [0.05, 0.1) is 5.92 Å². The van der Waals surface area contributed by atoms with Crippen LogP contribution in [0.4, 0.5) is 0 Å². The smallest absolute Gasteiger partial charge is 0.311 e. The third-order valence-electron chi connectivity index (χ3n) is 4.18. The van der Waals surface area contributed by atoms with E-state index >= 15 is 0 Å². The topological polar surface area (TPSA) is 65.1 Å². The molecule has 0 amide bonds. The van der Waals surface area contributed by atoms with Crippen molar-refractivity contribution in [3.8, 4) is 0 Å². The molecule has 2 heterocycles. The molecule has 4 heteroatoms. The highest BCUT2D eigenvalue weighted by molar-refractivity contribution is 5.99. The summed E-state index contributed by atoms with van der Waals surface area (Å²) in [5.41, 5.74) is 4.75. The molecule has 0 saturated heterocycles. The van der Waals surface area contributed by atoms with E-state index in [0.717, 1.165) is 17.5 Å². The summed E-state index contributed by atoms with van der Waals surface area (Å²) in [6.45, 7) is 0.513. The minimum absolute atomic E-state index is 0.240. The number of fused-ring (bicyclic) bond motifs is 2. The van der Waals surface area contributed by atoms with Crippen LogP contribution < -0.4 is 5.32 Å². The van der Waals surface area contributed by atoms with Gasteiger partial charge in [0.25, 0.3) is 0 Å². The van der Waals surface area contributed by atoms with Gasteiger partial charge in [0.1, 0.15) is 0 Å². The molecular weight excluding hydrogens is 240 g/mol. The van der Waals surface area contributed by atoms with E-state index in [1.165, 1.54) is 16.5 Å². The first kappa shape index (κ1) is 10.8. The summed E-state index contributed by atoms with van der Waals surface area (Å²) in [6, 6.07) is 6.41. The van der Waals surface area contributed by atoms with Gasteiger partial charge in [0.15, 0.2) is 0 Å². The number of carbonyl (C=O) groups is 1. The first-order chi connectivity index (χ1) is 9.24. The molecule has 0 saturated carbocycles. The SMILES string of the molecule is O=C(O)[C@@H]1C=C2c3cccc4[nH]cc(c34)C[C@H]2NC1. The third-order valence-corrected chi connectivity index (χ3v) is 4.18. The third kappa shape index (κ3) is 1.47. The first-order valence-corrected chi connectivity index (χ1v) is 6.51. The summed E-state index contributed by atoms with van der Waals surface area (Å²) >= 11 is 0. The van der Waals surface area contributed by atoms with Crippen molar-refractivity contribution in [3.63, 3.8) is 0 Å². The van der Waals surface area contributed by atoms with Crippen LogP contribution >= 0.6 is 0 Å². The molecular formula is C15H14N2O2. The molecule has 1 aliphatic carbocycles. The molecule has 1 aliphatic heterocycles. The van der Waals surface area contributed by atoms with Gasteiger partial charge in [-0.1, -0.05) is 18.2 Å². The van der Waals surface area contributed by atoms with Crippen molar-refractivity contribution < 1.29 is 9.90 Å². The quantitative estimate of drug-likeness (QED) is 0.726. The summed E-state index contributed by atoms with van der Waals surface area (Å²) in [7, 11) is 0. The molecule has 0 fully saturated rings. The monoisotopic (exact) mass is 254 g/mol. The van der Waals surface area contributed by atoms with Crippen LogP contribution in [0, 0.1) is 5.92 Å². The van der Waals surface area contributed by atoms with Crippen molar-refractivity contribution in [1.29, 1.82) is 0 Å². The molecule has 19 heavy (non-hydrogen) atoms. The van der Waals surface area contributed by atoms with Crippen LogP contribution in [0.1, 0.15) is 11.1 Å². The van der Waals surface area contributed by atoms with Crippen molar-refractivity contribution in [2.75, 3.05) is 6.54 Å². The van der Waals surface area contributed by atoms with Crippen molar-refractivity contribution in [2.24, 2.45) is 5.92 Å². The van der Waals surface area contributed by atoms with E-state index < -0.39 is 11.9 Å². The van der Waals surface area contributed by atoms with Crippen LogP contribution in [0.2, 0.25) is 0 Å². The Morgan fingerprint density at radius 1 is 1.37 bits per heavy atom. The number of aromatic nitrogens is 1.